The van der Waals surface area contributed by atoms with Crippen molar-refractivity contribution in [3.8, 4) is 0 Å². The number of nitrogens with zero attached hydrogens (tertiary/aromatic N) is 2. The first kappa shape index (κ1) is 27.5. The molecule has 0 saturated heterocycles. The number of urea groups is 1. The summed E-state index contributed by atoms with van der Waals surface area (Å²) in [5.74, 6) is -0.0914. The van der Waals surface area contributed by atoms with E-state index in [9.17, 15) is 14.0 Å². The number of halogens is 3. The maximum atomic E-state index is 13.4. The Kier molecular flexibility index (Phi) is 10.6. The lowest BCUT2D eigenvalue weighted by atomic mass is 10.2. The lowest BCUT2D eigenvalue weighted by Crippen LogP contribution is -2.44. The van der Waals surface area contributed by atoms with Gasteiger partial charge < -0.3 is 24.3 Å². The van der Waals surface area contributed by atoms with E-state index in [4.69, 9.17) is 32.4 Å². The molecule has 1 N–H and O–H groups in total. The number of anilines is 1. The topological polar surface area (TPSA) is 75.0 Å². The Morgan fingerprint density at radius 3 is 2.36 bits per heavy atom. The number of para-hydroxylation sites is 1. The van der Waals surface area contributed by atoms with E-state index in [0.29, 0.717) is 25.4 Å². The molecule has 0 unspecified atom stereocenters. The minimum atomic E-state index is -0.519. The van der Waals surface area contributed by atoms with Crippen LogP contribution in [0.3, 0.4) is 0 Å². The van der Waals surface area contributed by atoms with Gasteiger partial charge >= 0.3 is 6.03 Å². The van der Waals surface area contributed by atoms with E-state index in [2.05, 4.69) is 5.32 Å². The van der Waals surface area contributed by atoms with E-state index in [-0.39, 0.29) is 53.6 Å². The Balaban J connectivity index is 1.77. The number of benzene rings is 2. The van der Waals surface area contributed by atoms with Crippen LogP contribution in [0.2, 0.25) is 10.0 Å². The van der Waals surface area contributed by atoms with Crippen molar-refractivity contribution < 1.29 is 23.1 Å². The monoisotopic (exact) mass is 535 g/mol. The highest BCUT2D eigenvalue weighted by molar-refractivity contribution is 6.39. The van der Waals surface area contributed by atoms with Gasteiger partial charge in [0.1, 0.15) is 18.1 Å². The summed E-state index contributed by atoms with van der Waals surface area (Å²) < 4.78 is 24.2. The molecule has 2 aromatic carbocycles. The minimum Gasteiger partial charge on any atom is -0.467 e. The van der Waals surface area contributed by atoms with E-state index in [0.717, 1.165) is 5.56 Å². The van der Waals surface area contributed by atoms with Gasteiger partial charge in [0.25, 0.3) is 0 Å². The molecule has 1 heterocycles. The summed E-state index contributed by atoms with van der Waals surface area (Å²) in [5.41, 5.74) is 1.01. The zero-order valence-corrected chi connectivity index (χ0v) is 21.4. The molecule has 192 valence electrons. The average Bonchev–Trinajstić information content (AvgIpc) is 3.37. The van der Waals surface area contributed by atoms with Gasteiger partial charge in [0, 0.05) is 26.3 Å². The van der Waals surface area contributed by atoms with Crippen molar-refractivity contribution >= 4 is 40.8 Å². The number of nitrogens with one attached hydrogen (secondary N) is 1. The fourth-order valence-electron chi connectivity index (χ4n) is 3.45. The summed E-state index contributed by atoms with van der Waals surface area (Å²) in [6.07, 6.45) is 2.05. The standard InChI is InChI=1S/C26H28Cl2FN3O4/c1-2-35-14-5-13-31(26(34)30-25-22(27)7-3-8-23(25)28)18-24(33)32(17-21-6-4-15-36-21)16-19-9-11-20(29)12-10-19/h3-4,6-12,15H,2,5,13-14,16-18H2,1H3,(H,30,34). The molecular formula is C26H28Cl2FN3O4. The Morgan fingerprint density at radius 1 is 1.00 bits per heavy atom. The summed E-state index contributed by atoms with van der Waals surface area (Å²) in [6, 6.07) is 13.8. The number of amides is 3. The number of carbonyl (C=O) groups is 2. The third-order valence-corrected chi connectivity index (χ3v) is 5.92. The molecule has 0 aliphatic rings. The molecule has 3 aromatic rings. The molecule has 0 radical (unpaired) electrons. The van der Waals surface area contributed by atoms with Crippen LogP contribution in [0.5, 0.6) is 0 Å². The largest absolute Gasteiger partial charge is 0.467 e. The van der Waals surface area contributed by atoms with Crippen molar-refractivity contribution in [1.29, 1.82) is 0 Å². The van der Waals surface area contributed by atoms with Crippen molar-refractivity contribution in [3.63, 3.8) is 0 Å². The zero-order chi connectivity index (χ0) is 25.9. The van der Waals surface area contributed by atoms with E-state index >= 15 is 0 Å². The summed E-state index contributed by atoms with van der Waals surface area (Å²) in [5, 5.41) is 3.29. The van der Waals surface area contributed by atoms with Gasteiger partial charge in [-0.25, -0.2) is 9.18 Å². The molecule has 0 bridgehead atoms. The molecule has 3 amide bonds. The van der Waals surface area contributed by atoms with E-state index in [1.54, 1.807) is 47.4 Å². The van der Waals surface area contributed by atoms with Crippen LogP contribution >= 0.6 is 23.2 Å². The first-order chi connectivity index (χ1) is 17.4. The smallest absolute Gasteiger partial charge is 0.322 e. The summed E-state index contributed by atoms with van der Waals surface area (Å²) >= 11 is 12.4. The Morgan fingerprint density at radius 2 is 1.72 bits per heavy atom. The Bertz CT molecular complexity index is 1110. The van der Waals surface area contributed by atoms with Crippen molar-refractivity contribution in [2.75, 3.05) is 31.6 Å². The highest BCUT2D eigenvalue weighted by Crippen LogP contribution is 2.30. The summed E-state index contributed by atoms with van der Waals surface area (Å²) in [4.78, 5) is 29.6. The SMILES string of the molecule is CCOCCCN(CC(=O)N(Cc1ccc(F)cc1)Cc1ccco1)C(=O)Nc1c(Cl)cccc1Cl. The predicted molar refractivity (Wildman–Crippen MR) is 138 cm³/mol. The molecule has 0 saturated carbocycles. The molecule has 0 aliphatic carbocycles. The molecule has 10 heteroatoms. The number of rotatable bonds is 12. The van der Waals surface area contributed by atoms with Crippen LogP contribution in [0.15, 0.2) is 65.3 Å². The fourth-order valence-corrected chi connectivity index (χ4v) is 3.95. The van der Waals surface area contributed by atoms with Gasteiger partial charge in [0.2, 0.25) is 5.91 Å². The Labute approximate surface area is 219 Å². The molecule has 0 atom stereocenters. The van der Waals surface area contributed by atoms with Crippen LogP contribution in [0, 0.1) is 5.82 Å². The molecule has 0 aliphatic heterocycles. The average molecular weight is 536 g/mol. The molecule has 0 spiro atoms. The van der Waals surface area contributed by atoms with Gasteiger partial charge in [-0.05, 0) is 55.3 Å². The second-order valence-electron chi connectivity index (χ2n) is 7.95. The highest BCUT2D eigenvalue weighted by atomic mass is 35.5. The number of hydrogen-bond acceptors (Lipinski definition) is 4. The highest BCUT2D eigenvalue weighted by Gasteiger charge is 2.23. The third-order valence-electron chi connectivity index (χ3n) is 5.30. The van der Waals surface area contributed by atoms with Crippen molar-refractivity contribution in [2.24, 2.45) is 0 Å². The molecule has 36 heavy (non-hydrogen) atoms. The normalized spacial score (nSPS) is 10.8. The fraction of sp³-hybridized carbons (Fsp3) is 0.308. The summed E-state index contributed by atoms with van der Waals surface area (Å²) in [6.45, 7) is 3.34. The first-order valence-electron chi connectivity index (χ1n) is 11.5. The minimum absolute atomic E-state index is 0.188. The van der Waals surface area contributed by atoms with Crippen LogP contribution in [0.25, 0.3) is 0 Å². The lowest BCUT2D eigenvalue weighted by Gasteiger charge is -2.28. The maximum Gasteiger partial charge on any atom is 0.322 e. The Hall–Kier alpha value is -3.07. The predicted octanol–water partition coefficient (Wildman–Crippen LogP) is 6.22. The quantitative estimate of drug-likeness (QED) is 0.279. The summed E-state index contributed by atoms with van der Waals surface area (Å²) in [7, 11) is 0. The number of furan rings is 1. The maximum absolute atomic E-state index is 13.4. The van der Waals surface area contributed by atoms with Gasteiger partial charge in [-0.3, -0.25) is 4.79 Å². The van der Waals surface area contributed by atoms with Crippen molar-refractivity contribution in [1.82, 2.24) is 9.80 Å². The van der Waals surface area contributed by atoms with Gasteiger partial charge in [-0.15, -0.1) is 0 Å². The van der Waals surface area contributed by atoms with E-state index in [1.807, 2.05) is 6.92 Å². The van der Waals surface area contributed by atoms with Crippen LogP contribution in [-0.2, 0) is 22.6 Å². The van der Waals surface area contributed by atoms with Crippen LogP contribution in [-0.4, -0.2) is 48.0 Å². The van der Waals surface area contributed by atoms with Gasteiger partial charge in [0.05, 0.1) is 28.5 Å². The number of hydrogen-bond donors (Lipinski definition) is 1. The van der Waals surface area contributed by atoms with Gasteiger partial charge in [0.15, 0.2) is 0 Å². The molecule has 7 nitrogen and oxygen atoms in total. The van der Waals surface area contributed by atoms with Gasteiger partial charge in [-0.2, -0.15) is 0 Å². The lowest BCUT2D eigenvalue weighted by molar-refractivity contribution is -0.133. The second-order valence-corrected chi connectivity index (χ2v) is 8.77. The number of ether oxygens (including phenoxy) is 1. The van der Waals surface area contributed by atoms with Gasteiger partial charge in [-0.1, -0.05) is 41.4 Å². The van der Waals surface area contributed by atoms with E-state index in [1.165, 1.54) is 23.3 Å². The van der Waals surface area contributed by atoms with Crippen LogP contribution in [0.1, 0.15) is 24.7 Å². The van der Waals surface area contributed by atoms with E-state index < -0.39 is 6.03 Å². The molecule has 3 rings (SSSR count). The number of carbonyl (C=O) groups excluding carboxylic acids is 2. The molecular weight excluding hydrogens is 508 g/mol. The van der Waals surface area contributed by atoms with Crippen LogP contribution in [0.4, 0.5) is 14.9 Å². The van der Waals surface area contributed by atoms with Crippen molar-refractivity contribution in [3.05, 3.63) is 88.0 Å². The second kappa shape index (κ2) is 13.9. The van der Waals surface area contributed by atoms with Crippen molar-refractivity contribution in [2.45, 2.75) is 26.4 Å². The van der Waals surface area contributed by atoms with Crippen LogP contribution < -0.4 is 5.32 Å². The first-order valence-corrected chi connectivity index (χ1v) is 12.2. The molecule has 0 fully saturated rings. The molecule has 1 aromatic heterocycles. The third kappa shape index (κ3) is 8.26. The zero-order valence-electron chi connectivity index (χ0n) is 19.9.